The van der Waals surface area contributed by atoms with Gasteiger partial charge < -0.3 is 0 Å². The summed E-state index contributed by atoms with van der Waals surface area (Å²) in [5.74, 6) is -0.439. The summed E-state index contributed by atoms with van der Waals surface area (Å²) in [6, 6.07) is 5.00. The Labute approximate surface area is 128 Å². The maximum absolute atomic E-state index is 12.8. The molecule has 0 aliphatic rings. The van der Waals surface area contributed by atoms with Gasteiger partial charge in [-0.3, -0.25) is 4.79 Å². The number of nitrogens with one attached hydrogen (secondary N) is 1. The first-order valence-corrected chi connectivity index (χ1v) is 7.13. The highest BCUT2D eigenvalue weighted by molar-refractivity contribution is 7.09. The van der Waals surface area contributed by atoms with Crippen molar-refractivity contribution < 1.29 is 18.0 Å². The van der Waals surface area contributed by atoms with E-state index in [1.165, 1.54) is 29.5 Å². The van der Waals surface area contributed by atoms with E-state index in [4.69, 9.17) is 0 Å². The van der Waals surface area contributed by atoms with Gasteiger partial charge >= 0.3 is 6.18 Å². The predicted molar refractivity (Wildman–Crippen MR) is 77.7 cm³/mol. The second-order valence-corrected chi connectivity index (χ2v) is 5.48. The Morgan fingerprint density at radius 1 is 1.41 bits per heavy atom. The lowest BCUT2D eigenvalue weighted by atomic mass is 10.1. The fourth-order valence-corrected chi connectivity index (χ4v) is 2.35. The second-order valence-electron chi connectivity index (χ2n) is 4.41. The van der Waals surface area contributed by atoms with Gasteiger partial charge in [-0.15, -0.1) is 11.3 Å². The van der Waals surface area contributed by atoms with E-state index in [9.17, 15) is 18.0 Å². The lowest BCUT2D eigenvalue weighted by molar-refractivity contribution is -0.137. The summed E-state index contributed by atoms with van der Waals surface area (Å²) in [4.78, 5) is 15.7. The standard InChI is InChI=1S/C14H12F3N3OS/c1-9-19-11(8-22-9)6-13(21)20-18-7-10-4-2-3-5-12(10)14(15,16)17/h2-5,7-8H,6H2,1H3,(H,20,21). The SMILES string of the molecule is Cc1nc(CC(=O)NN=Cc2ccccc2C(F)(F)F)cs1. The van der Waals surface area contributed by atoms with Crippen molar-refractivity contribution in [3.8, 4) is 0 Å². The minimum atomic E-state index is -4.47. The van der Waals surface area contributed by atoms with Crippen LogP contribution in [0.15, 0.2) is 34.7 Å². The molecule has 0 saturated carbocycles. The Bertz CT molecular complexity index is 695. The molecule has 0 aliphatic carbocycles. The maximum Gasteiger partial charge on any atom is 0.417 e. The van der Waals surface area contributed by atoms with Gasteiger partial charge in [0.05, 0.1) is 28.9 Å². The summed E-state index contributed by atoms with van der Waals surface area (Å²) in [7, 11) is 0. The van der Waals surface area contributed by atoms with Gasteiger partial charge in [0.2, 0.25) is 5.91 Å². The van der Waals surface area contributed by atoms with Crippen LogP contribution in [0, 0.1) is 6.92 Å². The van der Waals surface area contributed by atoms with E-state index in [2.05, 4.69) is 15.5 Å². The number of thiazole rings is 1. The van der Waals surface area contributed by atoms with E-state index in [1.54, 1.807) is 5.38 Å². The van der Waals surface area contributed by atoms with Crippen molar-refractivity contribution in [2.75, 3.05) is 0 Å². The van der Waals surface area contributed by atoms with Gasteiger partial charge in [0.15, 0.2) is 0 Å². The number of benzene rings is 1. The number of aromatic nitrogens is 1. The molecule has 1 amide bonds. The Balaban J connectivity index is 1.99. The minimum Gasteiger partial charge on any atom is -0.273 e. The van der Waals surface area contributed by atoms with Crippen molar-refractivity contribution in [2.45, 2.75) is 19.5 Å². The van der Waals surface area contributed by atoms with Crippen LogP contribution in [0.4, 0.5) is 13.2 Å². The summed E-state index contributed by atoms with van der Waals surface area (Å²) in [6.07, 6.45) is -3.46. The molecule has 0 fully saturated rings. The van der Waals surface area contributed by atoms with E-state index in [0.29, 0.717) is 5.69 Å². The molecule has 2 aromatic rings. The van der Waals surface area contributed by atoms with Crippen LogP contribution < -0.4 is 5.43 Å². The molecule has 0 bridgehead atoms. The predicted octanol–water partition coefficient (Wildman–Crippen LogP) is 3.16. The first-order chi connectivity index (χ1) is 10.4. The first-order valence-electron chi connectivity index (χ1n) is 6.25. The highest BCUT2D eigenvalue weighted by atomic mass is 32.1. The number of carbonyl (C=O) groups excluding carboxylic acids is 1. The van der Waals surface area contributed by atoms with Crippen molar-refractivity contribution in [1.82, 2.24) is 10.4 Å². The van der Waals surface area contributed by atoms with E-state index in [-0.39, 0.29) is 12.0 Å². The third-order valence-electron chi connectivity index (χ3n) is 2.67. The molecule has 0 aliphatic heterocycles. The van der Waals surface area contributed by atoms with E-state index in [1.807, 2.05) is 6.92 Å². The minimum absolute atomic E-state index is 0.0304. The fourth-order valence-electron chi connectivity index (χ4n) is 1.74. The van der Waals surface area contributed by atoms with Gasteiger partial charge in [0.1, 0.15) is 0 Å². The molecular weight excluding hydrogens is 315 g/mol. The molecule has 0 radical (unpaired) electrons. The normalized spacial score (nSPS) is 11.8. The quantitative estimate of drug-likeness (QED) is 0.693. The number of hydrogen-bond donors (Lipinski definition) is 1. The van der Waals surface area contributed by atoms with Crippen LogP contribution in [-0.4, -0.2) is 17.1 Å². The molecule has 1 heterocycles. The van der Waals surface area contributed by atoms with Gasteiger partial charge in [-0.25, -0.2) is 10.4 Å². The molecular formula is C14H12F3N3OS. The average molecular weight is 327 g/mol. The molecule has 4 nitrogen and oxygen atoms in total. The van der Waals surface area contributed by atoms with E-state index in [0.717, 1.165) is 17.3 Å². The topological polar surface area (TPSA) is 54.4 Å². The highest BCUT2D eigenvalue weighted by Crippen LogP contribution is 2.30. The molecule has 2 rings (SSSR count). The van der Waals surface area contributed by atoms with Gasteiger partial charge in [-0.2, -0.15) is 18.3 Å². The third kappa shape index (κ3) is 4.39. The summed E-state index contributed by atoms with van der Waals surface area (Å²) < 4.78 is 38.3. The third-order valence-corrected chi connectivity index (χ3v) is 3.49. The fraction of sp³-hybridized carbons (Fsp3) is 0.214. The van der Waals surface area contributed by atoms with Gasteiger partial charge in [-0.05, 0) is 13.0 Å². The number of halogens is 3. The number of amides is 1. The monoisotopic (exact) mass is 327 g/mol. The van der Waals surface area contributed by atoms with Crippen LogP contribution in [0.2, 0.25) is 0 Å². The summed E-state index contributed by atoms with van der Waals surface area (Å²) in [6.45, 7) is 1.82. The van der Waals surface area contributed by atoms with Crippen LogP contribution in [0.5, 0.6) is 0 Å². The molecule has 1 N–H and O–H groups in total. The number of nitrogens with zero attached hydrogens (tertiary/aromatic N) is 2. The van der Waals surface area contributed by atoms with Gasteiger partial charge in [0.25, 0.3) is 0 Å². The molecule has 0 unspecified atom stereocenters. The molecule has 8 heteroatoms. The Hall–Kier alpha value is -2.22. The van der Waals surface area contributed by atoms with Crippen molar-refractivity contribution in [2.24, 2.45) is 5.10 Å². The Morgan fingerprint density at radius 3 is 2.77 bits per heavy atom. The number of hydrazone groups is 1. The van der Waals surface area contributed by atoms with Crippen molar-refractivity contribution >= 4 is 23.5 Å². The zero-order valence-corrected chi connectivity index (χ0v) is 12.3. The molecule has 22 heavy (non-hydrogen) atoms. The smallest absolute Gasteiger partial charge is 0.273 e. The van der Waals surface area contributed by atoms with Gasteiger partial charge in [0, 0.05) is 10.9 Å². The highest BCUT2D eigenvalue weighted by Gasteiger charge is 2.32. The largest absolute Gasteiger partial charge is 0.417 e. The maximum atomic E-state index is 12.8. The molecule has 1 aromatic carbocycles. The summed E-state index contributed by atoms with van der Waals surface area (Å²) in [5, 5.41) is 6.16. The Morgan fingerprint density at radius 2 is 2.14 bits per heavy atom. The molecule has 1 aromatic heterocycles. The number of carbonyl (C=O) groups is 1. The van der Waals surface area contributed by atoms with Crippen molar-refractivity contribution in [1.29, 1.82) is 0 Å². The summed E-state index contributed by atoms with van der Waals surface area (Å²) in [5.41, 5.74) is 1.88. The number of alkyl halides is 3. The van der Waals surface area contributed by atoms with Crippen LogP contribution in [0.3, 0.4) is 0 Å². The average Bonchev–Trinajstić information content (AvgIpc) is 2.83. The van der Waals surface area contributed by atoms with Crippen LogP contribution in [0.1, 0.15) is 21.8 Å². The second kappa shape index (κ2) is 6.69. The zero-order valence-electron chi connectivity index (χ0n) is 11.5. The molecule has 0 atom stereocenters. The lowest BCUT2D eigenvalue weighted by Crippen LogP contribution is -2.20. The Kier molecular flexibility index (Phi) is 4.92. The number of rotatable bonds is 4. The van der Waals surface area contributed by atoms with Crippen LogP contribution in [-0.2, 0) is 17.4 Å². The van der Waals surface area contributed by atoms with E-state index < -0.39 is 17.6 Å². The molecule has 0 saturated heterocycles. The van der Waals surface area contributed by atoms with Gasteiger partial charge in [-0.1, -0.05) is 18.2 Å². The lowest BCUT2D eigenvalue weighted by Gasteiger charge is -2.09. The van der Waals surface area contributed by atoms with Crippen LogP contribution in [0.25, 0.3) is 0 Å². The number of aryl methyl sites for hydroxylation is 1. The first kappa shape index (κ1) is 16.2. The van der Waals surface area contributed by atoms with Crippen LogP contribution >= 0.6 is 11.3 Å². The summed E-state index contributed by atoms with van der Waals surface area (Å²) >= 11 is 1.42. The zero-order chi connectivity index (χ0) is 16.2. The van der Waals surface area contributed by atoms with Crippen molar-refractivity contribution in [3.63, 3.8) is 0 Å². The molecule has 116 valence electrons. The van der Waals surface area contributed by atoms with Crippen molar-refractivity contribution in [3.05, 3.63) is 51.5 Å². The molecule has 0 spiro atoms. The van der Waals surface area contributed by atoms with E-state index >= 15 is 0 Å². The number of hydrogen-bond acceptors (Lipinski definition) is 4.